The van der Waals surface area contributed by atoms with Crippen molar-refractivity contribution >= 4 is 11.7 Å². The van der Waals surface area contributed by atoms with E-state index in [1.807, 2.05) is 30.3 Å². The van der Waals surface area contributed by atoms with Gasteiger partial charge >= 0.3 is 0 Å². The Kier molecular flexibility index (Phi) is 5.63. The monoisotopic (exact) mass is 368 g/mol. The molecule has 3 fully saturated rings. The SMILES string of the molecule is O=C(Cc1ccccc1)CC1(C(=O)N2CCN3CCCC3C2)CCCCC1. The number of nitrogens with zero attached hydrogens (tertiary/aromatic N) is 2. The first-order valence-electron chi connectivity index (χ1n) is 10.8. The number of fused-ring (bicyclic) bond motifs is 1. The van der Waals surface area contributed by atoms with Crippen molar-refractivity contribution in [2.75, 3.05) is 26.2 Å². The second-order valence-electron chi connectivity index (χ2n) is 8.80. The van der Waals surface area contributed by atoms with E-state index in [0.29, 0.717) is 18.9 Å². The molecule has 1 unspecified atom stereocenters. The van der Waals surface area contributed by atoms with Crippen LogP contribution in [0.2, 0.25) is 0 Å². The molecule has 1 amide bonds. The average molecular weight is 369 g/mol. The normalized spacial score (nSPS) is 25.2. The molecule has 2 saturated heterocycles. The average Bonchev–Trinajstić information content (AvgIpc) is 3.16. The molecule has 0 aromatic heterocycles. The summed E-state index contributed by atoms with van der Waals surface area (Å²) in [6.45, 7) is 3.90. The van der Waals surface area contributed by atoms with Crippen LogP contribution in [0.3, 0.4) is 0 Å². The third kappa shape index (κ3) is 4.11. The van der Waals surface area contributed by atoms with Crippen molar-refractivity contribution in [1.29, 1.82) is 0 Å². The van der Waals surface area contributed by atoms with Gasteiger partial charge < -0.3 is 4.90 Å². The van der Waals surface area contributed by atoms with E-state index in [4.69, 9.17) is 0 Å². The lowest BCUT2D eigenvalue weighted by molar-refractivity contribution is -0.149. The first kappa shape index (κ1) is 18.7. The second-order valence-corrected chi connectivity index (χ2v) is 8.80. The Morgan fingerprint density at radius 2 is 1.74 bits per heavy atom. The number of benzene rings is 1. The molecule has 1 atom stereocenters. The van der Waals surface area contributed by atoms with Gasteiger partial charge in [0.15, 0.2) is 0 Å². The molecule has 27 heavy (non-hydrogen) atoms. The molecule has 2 aliphatic heterocycles. The first-order chi connectivity index (χ1) is 13.2. The van der Waals surface area contributed by atoms with Crippen molar-refractivity contribution in [3.63, 3.8) is 0 Å². The zero-order chi connectivity index (χ0) is 18.7. The Bertz CT molecular complexity index is 666. The van der Waals surface area contributed by atoms with Crippen LogP contribution in [0, 0.1) is 5.41 Å². The summed E-state index contributed by atoms with van der Waals surface area (Å²) in [5, 5.41) is 0. The fraction of sp³-hybridized carbons (Fsp3) is 0.652. The van der Waals surface area contributed by atoms with E-state index < -0.39 is 5.41 Å². The number of hydrogen-bond acceptors (Lipinski definition) is 3. The lowest BCUT2D eigenvalue weighted by Crippen LogP contribution is -2.56. The zero-order valence-corrected chi connectivity index (χ0v) is 16.4. The van der Waals surface area contributed by atoms with Gasteiger partial charge in [-0.15, -0.1) is 0 Å². The third-order valence-corrected chi connectivity index (χ3v) is 6.92. The number of amides is 1. The van der Waals surface area contributed by atoms with Gasteiger partial charge in [0.2, 0.25) is 5.91 Å². The minimum atomic E-state index is -0.440. The number of carbonyl (C=O) groups is 2. The Balaban J connectivity index is 1.46. The van der Waals surface area contributed by atoms with Crippen molar-refractivity contribution in [2.45, 2.75) is 63.8 Å². The van der Waals surface area contributed by atoms with E-state index in [1.54, 1.807) is 0 Å². The highest BCUT2D eigenvalue weighted by Gasteiger charge is 2.45. The smallest absolute Gasteiger partial charge is 0.229 e. The Morgan fingerprint density at radius 3 is 2.52 bits per heavy atom. The van der Waals surface area contributed by atoms with Gasteiger partial charge in [-0.25, -0.2) is 0 Å². The van der Waals surface area contributed by atoms with E-state index >= 15 is 0 Å². The summed E-state index contributed by atoms with van der Waals surface area (Å²) in [4.78, 5) is 31.1. The minimum absolute atomic E-state index is 0.218. The number of hydrogen-bond donors (Lipinski definition) is 0. The molecular formula is C23H32N2O2. The summed E-state index contributed by atoms with van der Waals surface area (Å²) < 4.78 is 0. The summed E-state index contributed by atoms with van der Waals surface area (Å²) in [6, 6.07) is 10.5. The van der Waals surface area contributed by atoms with Crippen LogP contribution in [0.15, 0.2) is 30.3 Å². The Hall–Kier alpha value is -1.68. The van der Waals surface area contributed by atoms with Crippen molar-refractivity contribution < 1.29 is 9.59 Å². The van der Waals surface area contributed by atoms with Crippen LogP contribution >= 0.6 is 0 Å². The van der Waals surface area contributed by atoms with Crippen molar-refractivity contribution in [1.82, 2.24) is 9.80 Å². The van der Waals surface area contributed by atoms with Gasteiger partial charge in [0.25, 0.3) is 0 Å². The van der Waals surface area contributed by atoms with Gasteiger partial charge in [-0.05, 0) is 37.8 Å². The highest BCUT2D eigenvalue weighted by molar-refractivity contribution is 5.91. The number of Topliss-reactive ketones (excluding diaryl/α,β-unsaturated/α-hetero) is 1. The maximum atomic E-state index is 13.6. The third-order valence-electron chi connectivity index (χ3n) is 6.92. The quantitative estimate of drug-likeness (QED) is 0.799. The summed E-state index contributed by atoms with van der Waals surface area (Å²) in [5.41, 5.74) is 0.616. The summed E-state index contributed by atoms with van der Waals surface area (Å²) in [5.74, 6) is 0.492. The summed E-state index contributed by atoms with van der Waals surface area (Å²) >= 11 is 0. The highest BCUT2D eigenvalue weighted by atomic mass is 16.2. The van der Waals surface area contributed by atoms with Crippen LogP contribution in [0.25, 0.3) is 0 Å². The minimum Gasteiger partial charge on any atom is -0.339 e. The molecule has 0 bridgehead atoms. The van der Waals surface area contributed by atoms with Gasteiger partial charge in [0, 0.05) is 38.5 Å². The molecular weight excluding hydrogens is 336 g/mol. The van der Waals surface area contributed by atoms with Crippen molar-refractivity contribution in [3.8, 4) is 0 Å². The Labute approximate surface area is 162 Å². The highest BCUT2D eigenvalue weighted by Crippen LogP contribution is 2.42. The van der Waals surface area contributed by atoms with Gasteiger partial charge in [-0.3, -0.25) is 14.5 Å². The molecule has 0 spiro atoms. The van der Waals surface area contributed by atoms with Crippen LogP contribution in [0.5, 0.6) is 0 Å². The number of piperazine rings is 1. The summed E-state index contributed by atoms with van der Waals surface area (Å²) in [7, 11) is 0. The van der Waals surface area contributed by atoms with E-state index in [2.05, 4.69) is 9.80 Å². The van der Waals surface area contributed by atoms with Crippen LogP contribution in [0.4, 0.5) is 0 Å². The lowest BCUT2D eigenvalue weighted by atomic mass is 9.69. The molecule has 4 heteroatoms. The predicted molar refractivity (Wildman–Crippen MR) is 106 cm³/mol. The van der Waals surface area contributed by atoms with E-state index in [9.17, 15) is 9.59 Å². The van der Waals surface area contributed by atoms with Crippen molar-refractivity contribution in [3.05, 3.63) is 35.9 Å². The van der Waals surface area contributed by atoms with E-state index in [-0.39, 0.29) is 11.7 Å². The summed E-state index contributed by atoms with van der Waals surface area (Å²) in [6.07, 6.45) is 8.46. The molecule has 2 heterocycles. The molecule has 0 radical (unpaired) electrons. The number of ketones is 1. The molecule has 0 N–H and O–H groups in total. The molecule has 146 valence electrons. The molecule has 4 rings (SSSR count). The molecule has 1 aromatic rings. The van der Waals surface area contributed by atoms with Crippen LogP contribution in [-0.2, 0) is 16.0 Å². The van der Waals surface area contributed by atoms with Crippen LogP contribution < -0.4 is 0 Å². The maximum absolute atomic E-state index is 13.6. The maximum Gasteiger partial charge on any atom is 0.229 e. The van der Waals surface area contributed by atoms with Gasteiger partial charge in [0.05, 0.1) is 5.41 Å². The molecule has 4 nitrogen and oxygen atoms in total. The van der Waals surface area contributed by atoms with E-state index in [1.165, 1.54) is 25.8 Å². The molecule has 1 aromatic carbocycles. The van der Waals surface area contributed by atoms with Crippen molar-refractivity contribution in [2.24, 2.45) is 5.41 Å². The zero-order valence-electron chi connectivity index (χ0n) is 16.4. The van der Waals surface area contributed by atoms with Gasteiger partial charge in [0.1, 0.15) is 5.78 Å². The lowest BCUT2D eigenvalue weighted by Gasteiger charge is -2.44. The van der Waals surface area contributed by atoms with Crippen LogP contribution in [0.1, 0.15) is 56.9 Å². The topological polar surface area (TPSA) is 40.6 Å². The number of carbonyl (C=O) groups excluding carboxylic acids is 2. The molecule has 3 aliphatic rings. The van der Waals surface area contributed by atoms with Gasteiger partial charge in [-0.1, -0.05) is 49.6 Å². The predicted octanol–water partition coefficient (Wildman–Crippen LogP) is 3.45. The van der Waals surface area contributed by atoms with Crippen LogP contribution in [-0.4, -0.2) is 53.7 Å². The largest absolute Gasteiger partial charge is 0.339 e. The first-order valence-corrected chi connectivity index (χ1v) is 10.8. The fourth-order valence-electron chi connectivity index (χ4n) is 5.47. The Morgan fingerprint density at radius 1 is 0.963 bits per heavy atom. The molecule has 1 saturated carbocycles. The fourth-order valence-corrected chi connectivity index (χ4v) is 5.47. The molecule has 1 aliphatic carbocycles. The standard InChI is InChI=1S/C23H32N2O2/c26-21(16-19-8-3-1-4-9-19)17-23(11-5-2-6-12-23)22(27)25-15-14-24-13-7-10-20(24)18-25/h1,3-4,8-9,20H,2,5-7,10-18H2. The number of rotatable bonds is 5. The van der Waals surface area contributed by atoms with E-state index in [0.717, 1.165) is 50.9 Å². The van der Waals surface area contributed by atoms with Gasteiger partial charge in [-0.2, -0.15) is 0 Å². The second kappa shape index (κ2) is 8.14.